The van der Waals surface area contributed by atoms with Crippen LogP contribution in [0.15, 0.2) is 0 Å². The first-order valence-corrected chi connectivity index (χ1v) is 26.4. The molecule has 0 radical (unpaired) electrons. The highest BCUT2D eigenvalue weighted by molar-refractivity contribution is 7.43. The Labute approximate surface area is 341 Å². The molecule has 0 aromatic rings. The lowest BCUT2D eigenvalue weighted by atomic mass is 10.0. The van der Waals surface area contributed by atoms with Crippen LogP contribution in [0.2, 0.25) is 0 Å². The molecule has 0 spiro atoms. The molecule has 0 saturated heterocycles. The van der Waals surface area contributed by atoms with Crippen LogP contribution in [-0.2, 0) is 4.57 Å². The molecule has 0 aliphatic rings. The van der Waals surface area contributed by atoms with E-state index in [1.54, 1.807) is 0 Å². The molecule has 0 aromatic heterocycles. The summed E-state index contributed by atoms with van der Waals surface area (Å²) in [5.74, 6) is 0. The fraction of sp³-hybridized carbons (Fsp3) is 1.00. The summed E-state index contributed by atoms with van der Waals surface area (Å²) < 4.78 is 10.3. The van der Waals surface area contributed by atoms with Crippen molar-refractivity contribution < 1.29 is 23.7 Å². The third-order valence-corrected chi connectivity index (χ3v) is 11.9. The van der Waals surface area contributed by atoms with Gasteiger partial charge in [0.05, 0.1) is 26.2 Å². The molecule has 328 valence electrons. The SMILES string of the molecule is CCCCCCCCCCCC[N+](CCCCCCCCCCCC)(CCCCCCCCCCCC)CCCCCCCCCCCC.O=P([O-])(O)O. The third-order valence-electron chi connectivity index (χ3n) is 11.9. The highest BCUT2D eigenvalue weighted by Crippen LogP contribution is 2.22. The monoisotopic (exact) mass is 788 g/mol. The molecule has 0 aliphatic heterocycles. The zero-order valence-corrected chi connectivity index (χ0v) is 38.6. The highest BCUT2D eigenvalue weighted by Gasteiger charge is 2.25. The van der Waals surface area contributed by atoms with Gasteiger partial charge in [0.25, 0.3) is 7.82 Å². The van der Waals surface area contributed by atoms with Crippen LogP contribution < -0.4 is 4.89 Å². The van der Waals surface area contributed by atoms with E-state index in [0.29, 0.717) is 0 Å². The van der Waals surface area contributed by atoms with Gasteiger partial charge in [0.15, 0.2) is 0 Å². The second-order valence-electron chi connectivity index (χ2n) is 17.5. The summed E-state index contributed by atoms with van der Waals surface area (Å²) in [5.41, 5.74) is 0. The zero-order valence-electron chi connectivity index (χ0n) is 37.7. The Morgan fingerprint density at radius 1 is 0.296 bits per heavy atom. The summed E-state index contributed by atoms with van der Waals surface area (Å²) in [6, 6.07) is 0. The fourth-order valence-electron chi connectivity index (χ4n) is 8.41. The molecular formula is C48H102NO4P. The van der Waals surface area contributed by atoms with Crippen molar-refractivity contribution in [3.63, 3.8) is 0 Å². The number of unbranched alkanes of at least 4 members (excludes halogenated alkanes) is 36. The van der Waals surface area contributed by atoms with Gasteiger partial charge in [0, 0.05) is 0 Å². The van der Waals surface area contributed by atoms with Gasteiger partial charge in [-0.05, 0) is 51.4 Å². The quantitative estimate of drug-likeness (QED) is 0.0366. The van der Waals surface area contributed by atoms with Crippen LogP contribution in [0.5, 0.6) is 0 Å². The first-order chi connectivity index (χ1) is 26.2. The summed E-state index contributed by atoms with van der Waals surface area (Å²) in [5, 5.41) is 0. The van der Waals surface area contributed by atoms with Crippen LogP contribution in [0.3, 0.4) is 0 Å². The van der Waals surface area contributed by atoms with Gasteiger partial charge in [-0.2, -0.15) is 0 Å². The lowest BCUT2D eigenvalue weighted by Gasteiger charge is -2.40. The lowest BCUT2D eigenvalue weighted by molar-refractivity contribution is -0.929. The maximum atomic E-state index is 8.77. The van der Waals surface area contributed by atoms with Crippen LogP contribution >= 0.6 is 7.82 Å². The van der Waals surface area contributed by atoms with Crippen LogP contribution in [0, 0.1) is 0 Å². The van der Waals surface area contributed by atoms with Crippen LogP contribution in [0.4, 0.5) is 0 Å². The van der Waals surface area contributed by atoms with E-state index in [9.17, 15) is 0 Å². The number of nitrogens with zero attached hydrogens (tertiary/aromatic N) is 1. The second kappa shape index (κ2) is 45.8. The normalized spacial score (nSPS) is 12.0. The molecule has 0 fully saturated rings. The summed E-state index contributed by atoms with van der Waals surface area (Å²) in [7, 11) is -4.89. The molecule has 0 saturated carbocycles. The highest BCUT2D eigenvalue weighted by atomic mass is 31.2. The Balaban J connectivity index is 0. The molecule has 0 amide bonds. The Morgan fingerprint density at radius 2 is 0.407 bits per heavy atom. The van der Waals surface area contributed by atoms with Gasteiger partial charge in [-0.25, -0.2) is 0 Å². The smallest absolute Gasteiger partial charge is 0.262 e. The largest absolute Gasteiger partial charge is 0.756 e. The van der Waals surface area contributed by atoms with E-state index in [2.05, 4.69) is 27.7 Å². The number of hydrogen-bond acceptors (Lipinski definition) is 2. The van der Waals surface area contributed by atoms with Gasteiger partial charge < -0.3 is 19.2 Å². The van der Waals surface area contributed by atoms with Crippen LogP contribution in [0.25, 0.3) is 0 Å². The average Bonchev–Trinajstić information content (AvgIpc) is 3.14. The van der Waals surface area contributed by atoms with E-state index in [4.69, 9.17) is 19.2 Å². The minimum Gasteiger partial charge on any atom is -0.756 e. The average molecular weight is 788 g/mol. The van der Waals surface area contributed by atoms with Crippen molar-refractivity contribution in [2.75, 3.05) is 26.2 Å². The summed E-state index contributed by atoms with van der Waals surface area (Å²) in [6.45, 7) is 15.3. The Bertz CT molecular complexity index is 620. The van der Waals surface area contributed by atoms with Gasteiger partial charge in [-0.15, -0.1) is 0 Å². The Kier molecular flexibility index (Phi) is 47.6. The molecule has 5 nitrogen and oxygen atoms in total. The predicted octanol–water partition coefficient (Wildman–Crippen LogP) is 15.9. The molecule has 54 heavy (non-hydrogen) atoms. The van der Waals surface area contributed by atoms with Crippen molar-refractivity contribution in [2.24, 2.45) is 0 Å². The lowest BCUT2D eigenvalue weighted by Crippen LogP contribution is -2.50. The maximum absolute atomic E-state index is 8.77. The van der Waals surface area contributed by atoms with E-state index in [1.807, 2.05) is 0 Å². The summed E-state index contributed by atoms with van der Waals surface area (Å²) in [4.78, 5) is 22.9. The van der Waals surface area contributed by atoms with Crippen molar-refractivity contribution in [1.29, 1.82) is 0 Å². The molecule has 0 unspecified atom stereocenters. The van der Waals surface area contributed by atoms with Crippen molar-refractivity contribution >= 4 is 7.82 Å². The minimum absolute atomic E-state index is 1.37. The number of quaternary nitrogens is 1. The molecule has 0 aliphatic carbocycles. The van der Waals surface area contributed by atoms with Crippen molar-refractivity contribution in [1.82, 2.24) is 0 Å². The van der Waals surface area contributed by atoms with Crippen molar-refractivity contribution in [3.05, 3.63) is 0 Å². The van der Waals surface area contributed by atoms with E-state index in [0.717, 1.165) is 0 Å². The first-order valence-electron chi connectivity index (χ1n) is 24.9. The first kappa shape index (κ1) is 56.2. The van der Waals surface area contributed by atoms with Crippen LogP contribution in [-0.4, -0.2) is 40.4 Å². The van der Waals surface area contributed by atoms with Crippen molar-refractivity contribution in [2.45, 2.75) is 285 Å². The molecule has 0 rings (SSSR count). The molecule has 6 heteroatoms. The second-order valence-corrected chi connectivity index (χ2v) is 18.4. The summed E-state index contributed by atoms with van der Waals surface area (Å²) >= 11 is 0. The Hall–Kier alpha value is 0.0700. The van der Waals surface area contributed by atoms with Gasteiger partial charge in [0.2, 0.25) is 0 Å². The number of rotatable bonds is 44. The van der Waals surface area contributed by atoms with E-state index in [1.165, 1.54) is 287 Å². The molecule has 0 bridgehead atoms. The van der Waals surface area contributed by atoms with Crippen molar-refractivity contribution in [3.8, 4) is 0 Å². The van der Waals surface area contributed by atoms with Gasteiger partial charge >= 0.3 is 0 Å². The third kappa shape index (κ3) is 50.1. The number of phosphoric acid groups is 1. The molecular weight excluding hydrogens is 686 g/mol. The zero-order chi connectivity index (χ0) is 40.1. The molecule has 0 atom stereocenters. The van der Waals surface area contributed by atoms with Gasteiger partial charge in [-0.1, -0.05) is 233 Å². The van der Waals surface area contributed by atoms with E-state index >= 15 is 0 Å². The standard InChI is InChI=1S/C48H100N.H3O4P/c1-5-9-13-17-21-25-29-33-37-41-45-49(46-42-38-34-30-26-22-18-14-10-6-2,47-43-39-35-31-27-23-19-15-11-7-3)48-44-40-36-32-28-24-20-16-12-8-4;1-5(2,3)4/h5-48H2,1-4H3;(H3,1,2,3,4)/q+1;/p-1. The maximum Gasteiger partial charge on any atom is 0.262 e. The number of hydrogen-bond donors (Lipinski definition) is 2. The minimum atomic E-state index is -4.89. The topological polar surface area (TPSA) is 80.6 Å². The Morgan fingerprint density at radius 3 is 0.537 bits per heavy atom. The van der Waals surface area contributed by atoms with E-state index < -0.39 is 7.82 Å². The predicted molar refractivity (Wildman–Crippen MR) is 239 cm³/mol. The molecule has 2 N–H and O–H groups in total. The fourth-order valence-corrected chi connectivity index (χ4v) is 8.41. The van der Waals surface area contributed by atoms with Gasteiger partial charge in [0.1, 0.15) is 0 Å². The van der Waals surface area contributed by atoms with E-state index in [-0.39, 0.29) is 0 Å². The molecule has 0 aromatic carbocycles. The van der Waals surface area contributed by atoms with Crippen LogP contribution in [0.1, 0.15) is 285 Å². The van der Waals surface area contributed by atoms with Gasteiger partial charge in [-0.3, -0.25) is 4.57 Å². The molecule has 0 heterocycles. The summed E-state index contributed by atoms with van der Waals surface area (Å²) in [6.07, 6.45) is 58.7.